The molecule has 1 unspecified atom stereocenters. The molecule has 0 aliphatic heterocycles. The van der Waals surface area contributed by atoms with Crippen LogP contribution in [-0.4, -0.2) is 23.7 Å². The second-order valence-electron chi connectivity index (χ2n) is 3.98. The summed E-state index contributed by atoms with van der Waals surface area (Å²) in [5.41, 5.74) is -0.560. The van der Waals surface area contributed by atoms with Gasteiger partial charge in [0.25, 0.3) is 0 Å². The summed E-state index contributed by atoms with van der Waals surface area (Å²) >= 11 is 11.5. The lowest BCUT2D eigenvalue weighted by molar-refractivity contribution is -0.161. The minimum absolute atomic E-state index is 0.0723. The van der Waals surface area contributed by atoms with Crippen LogP contribution in [0.2, 0.25) is 5.02 Å². The van der Waals surface area contributed by atoms with Gasteiger partial charge in [-0.15, -0.1) is 0 Å². The maximum Gasteiger partial charge on any atom is 0.328 e. The normalized spacial score (nSPS) is 13.9. The molecule has 0 aromatic heterocycles. The third-order valence-corrected chi connectivity index (χ3v) is 3.34. The van der Waals surface area contributed by atoms with Crippen LogP contribution >= 0.6 is 23.2 Å². The molecule has 1 aromatic carbocycles. The van der Waals surface area contributed by atoms with Crippen LogP contribution in [0.15, 0.2) is 35.9 Å². The van der Waals surface area contributed by atoms with E-state index in [1.807, 2.05) is 0 Å². The second kappa shape index (κ2) is 7.31. The number of carbonyl (C=O) groups excluding carboxylic acids is 1. The zero-order valence-corrected chi connectivity index (χ0v) is 12.3. The van der Waals surface area contributed by atoms with E-state index in [9.17, 15) is 14.7 Å². The molecular weight excluding hydrogens is 303 g/mol. The van der Waals surface area contributed by atoms with Crippen molar-refractivity contribution in [3.05, 3.63) is 46.5 Å². The van der Waals surface area contributed by atoms with Crippen LogP contribution in [0.5, 0.6) is 0 Å². The average molecular weight is 317 g/mol. The molecule has 1 atom stereocenters. The smallest absolute Gasteiger partial charge is 0.328 e. The van der Waals surface area contributed by atoms with Gasteiger partial charge in [0, 0.05) is 10.6 Å². The van der Waals surface area contributed by atoms with Crippen LogP contribution in [0.1, 0.15) is 18.9 Å². The van der Waals surface area contributed by atoms with Gasteiger partial charge in [0.2, 0.25) is 0 Å². The summed E-state index contributed by atoms with van der Waals surface area (Å²) in [5, 5.41) is 9.77. The Kier molecular flexibility index (Phi) is 6.05. The summed E-state index contributed by atoms with van der Waals surface area (Å²) in [5.74, 6) is -2.20. The molecule has 1 aromatic rings. The van der Waals surface area contributed by atoms with Crippen molar-refractivity contribution in [1.82, 2.24) is 0 Å². The van der Waals surface area contributed by atoms with Gasteiger partial charge < -0.3 is 9.84 Å². The average Bonchev–Trinajstić information content (AvgIpc) is 2.41. The fraction of sp³-hybridized carbons (Fsp3) is 0.286. The van der Waals surface area contributed by atoms with E-state index in [1.165, 1.54) is 18.2 Å². The Morgan fingerprint density at radius 1 is 1.40 bits per heavy atom. The zero-order valence-electron chi connectivity index (χ0n) is 10.8. The number of rotatable bonds is 6. The third-order valence-electron chi connectivity index (χ3n) is 2.84. The Hall–Kier alpha value is -1.52. The fourth-order valence-electron chi connectivity index (χ4n) is 1.88. The van der Waals surface area contributed by atoms with Crippen molar-refractivity contribution in [1.29, 1.82) is 0 Å². The fourth-order valence-corrected chi connectivity index (χ4v) is 2.26. The highest BCUT2D eigenvalue weighted by Crippen LogP contribution is 2.35. The number of esters is 1. The Bertz CT molecular complexity index is 528. The van der Waals surface area contributed by atoms with Gasteiger partial charge in [-0.05, 0) is 25.0 Å². The van der Waals surface area contributed by atoms with E-state index in [2.05, 4.69) is 0 Å². The third kappa shape index (κ3) is 3.14. The van der Waals surface area contributed by atoms with E-state index in [4.69, 9.17) is 27.9 Å². The molecule has 0 aliphatic carbocycles. The molecule has 108 valence electrons. The highest BCUT2D eigenvalue weighted by atomic mass is 35.5. The number of hydrogen-bond donors (Lipinski definition) is 1. The van der Waals surface area contributed by atoms with Crippen molar-refractivity contribution < 1.29 is 19.4 Å². The number of allylic oxidation sites excluding steroid dienone is 1. The van der Waals surface area contributed by atoms with Gasteiger partial charge in [-0.3, -0.25) is 9.59 Å². The second-order valence-corrected chi connectivity index (χ2v) is 4.64. The number of carboxylic acids is 1. The summed E-state index contributed by atoms with van der Waals surface area (Å²) in [6.45, 7) is 1.68. The van der Waals surface area contributed by atoms with Crippen molar-refractivity contribution >= 4 is 35.1 Å². The van der Waals surface area contributed by atoms with E-state index in [1.54, 1.807) is 19.1 Å². The van der Waals surface area contributed by atoms with Crippen LogP contribution in [0.4, 0.5) is 0 Å². The van der Waals surface area contributed by atoms with Crippen molar-refractivity contribution in [3.8, 4) is 0 Å². The molecule has 0 saturated carbocycles. The maximum absolute atomic E-state index is 12.2. The van der Waals surface area contributed by atoms with Crippen molar-refractivity contribution in [3.63, 3.8) is 0 Å². The van der Waals surface area contributed by atoms with Gasteiger partial charge in [0.05, 0.1) is 6.61 Å². The number of benzene rings is 1. The summed E-state index contributed by atoms with van der Waals surface area (Å²) in [6.07, 6.45) is 1.24. The molecule has 0 fully saturated rings. The molecule has 0 heterocycles. The van der Waals surface area contributed by atoms with Crippen LogP contribution < -0.4 is 0 Å². The molecule has 0 amide bonds. The largest absolute Gasteiger partial charge is 0.480 e. The number of halogens is 2. The molecule has 0 spiro atoms. The van der Waals surface area contributed by atoms with Gasteiger partial charge in [0.1, 0.15) is 0 Å². The molecule has 4 nitrogen and oxygen atoms in total. The topological polar surface area (TPSA) is 63.6 Å². The van der Waals surface area contributed by atoms with E-state index in [-0.39, 0.29) is 23.6 Å². The molecular formula is C14H14Cl2O4. The van der Waals surface area contributed by atoms with E-state index in [0.29, 0.717) is 0 Å². The highest BCUT2D eigenvalue weighted by Gasteiger charge is 2.49. The first-order chi connectivity index (χ1) is 9.50. The van der Waals surface area contributed by atoms with E-state index < -0.39 is 17.4 Å². The number of carboxylic acid groups (broad SMARTS) is 1. The predicted molar refractivity (Wildman–Crippen MR) is 77.0 cm³/mol. The number of ether oxygens (including phenoxy) is 1. The lowest BCUT2D eigenvalue weighted by Crippen LogP contribution is -2.45. The monoisotopic (exact) mass is 316 g/mol. The van der Waals surface area contributed by atoms with Gasteiger partial charge >= 0.3 is 11.9 Å². The predicted octanol–water partition coefficient (Wildman–Crippen LogP) is 3.37. The quantitative estimate of drug-likeness (QED) is 0.645. The minimum atomic E-state index is -1.90. The number of hydrogen-bond acceptors (Lipinski definition) is 3. The summed E-state index contributed by atoms with van der Waals surface area (Å²) in [6, 6.07) is 6.29. The van der Waals surface area contributed by atoms with Crippen molar-refractivity contribution in [2.75, 3.05) is 6.61 Å². The molecule has 1 rings (SSSR count). The van der Waals surface area contributed by atoms with Gasteiger partial charge in [-0.25, -0.2) is 0 Å². The lowest BCUT2D eigenvalue weighted by atomic mass is 9.77. The first-order valence-electron chi connectivity index (χ1n) is 5.91. The van der Waals surface area contributed by atoms with Crippen LogP contribution in [0.3, 0.4) is 0 Å². The van der Waals surface area contributed by atoms with Crippen molar-refractivity contribution in [2.45, 2.75) is 18.8 Å². The summed E-state index contributed by atoms with van der Waals surface area (Å²) < 4.78 is 4.92. The summed E-state index contributed by atoms with van der Waals surface area (Å²) in [7, 11) is 0. The zero-order chi connectivity index (χ0) is 15.2. The van der Waals surface area contributed by atoms with Gasteiger partial charge in [-0.1, -0.05) is 47.5 Å². The molecule has 0 saturated heterocycles. The first-order valence-corrected chi connectivity index (χ1v) is 6.73. The first kappa shape index (κ1) is 16.5. The Morgan fingerprint density at radius 2 is 2.05 bits per heavy atom. The van der Waals surface area contributed by atoms with Gasteiger partial charge in [0.15, 0.2) is 5.41 Å². The Labute approximate surface area is 126 Å². The van der Waals surface area contributed by atoms with Gasteiger partial charge in [-0.2, -0.15) is 0 Å². The van der Waals surface area contributed by atoms with E-state index in [0.717, 1.165) is 5.54 Å². The van der Waals surface area contributed by atoms with E-state index >= 15 is 0 Å². The molecule has 6 heteroatoms. The summed E-state index contributed by atoms with van der Waals surface area (Å²) in [4.78, 5) is 24.0. The van der Waals surface area contributed by atoms with Crippen LogP contribution in [0.25, 0.3) is 0 Å². The Balaban J connectivity index is 3.48. The number of aliphatic carboxylic acids is 1. The van der Waals surface area contributed by atoms with Crippen LogP contribution in [-0.2, 0) is 19.7 Å². The van der Waals surface area contributed by atoms with Crippen LogP contribution in [0, 0.1) is 0 Å². The lowest BCUT2D eigenvalue weighted by Gasteiger charge is -2.27. The SMILES string of the molecule is CCOC(=O)C(C/C=C/Cl)(C(=O)O)c1ccccc1Cl. The molecule has 0 aliphatic rings. The molecule has 0 bridgehead atoms. The standard InChI is InChI=1S/C14H14Cl2O4/c1-2-20-13(19)14(12(17)18,8-5-9-15)10-6-3-4-7-11(10)16/h3-7,9H,2,8H2,1H3,(H,17,18)/b9-5+. The maximum atomic E-state index is 12.2. The Morgan fingerprint density at radius 3 is 2.55 bits per heavy atom. The molecule has 0 radical (unpaired) electrons. The number of carbonyl (C=O) groups is 2. The highest BCUT2D eigenvalue weighted by molar-refractivity contribution is 6.32. The minimum Gasteiger partial charge on any atom is -0.480 e. The molecule has 1 N–H and O–H groups in total. The molecule has 20 heavy (non-hydrogen) atoms. The van der Waals surface area contributed by atoms with Crippen molar-refractivity contribution in [2.24, 2.45) is 0 Å².